The zero-order chi connectivity index (χ0) is 25.1. The van der Waals surface area contributed by atoms with Crippen LogP contribution in [0, 0.1) is 19.8 Å². The number of amides is 1. The minimum absolute atomic E-state index is 0.0367. The minimum Gasteiger partial charge on any atom is -0.494 e. The Morgan fingerprint density at radius 1 is 1.06 bits per heavy atom. The minimum atomic E-state index is -3.78. The molecule has 1 aliphatic rings. The fourth-order valence-electron chi connectivity index (χ4n) is 3.88. The number of hydrogen-bond donors (Lipinski definition) is 2. The molecule has 1 heterocycles. The Balaban J connectivity index is 1.78. The third kappa shape index (κ3) is 5.60. The van der Waals surface area contributed by atoms with Crippen molar-refractivity contribution in [3.05, 3.63) is 47.5 Å². The van der Waals surface area contributed by atoms with Gasteiger partial charge in [0.15, 0.2) is 0 Å². The lowest BCUT2D eigenvalue weighted by Crippen LogP contribution is -2.43. The van der Waals surface area contributed by atoms with E-state index in [0.717, 1.165) is 5.56 Å². The van der Waals surface area contributed by atoms with E-state index in [0.29, 0.717) is 43.0 Å². The molecule has 3 rings (SSSR count). The van der Waals surface area contributed by atoms with E-state index < -0.39 is 26.0 Å². The van der Waals surface area contributed by atoms with Crippen molar-refractivity contribution >= 4 is 31.6 Å². The summed E-state index contributed by atoms with van der Waals surface area (Å²) in [5.74, 6) is -0.267. The van der Waals surface area contributed by atoms with Gasteiger partial charge in [-0.15, -0.1) is 0 Å². The summed E-state index contributed by atoms with van der Waals surface area (Å²) < 4.78 is 59.8. The largest absolute Gasteiger partial charge is 0.494 e. The van der Waals surface area contributed by atoms with Crippen molar-refractivity contribution in [1.29, 1.82) is 0 Å². The summed E-state index contributed by atoms with van der Waals surface area (Å²) in [5, 5.41) is 2.79. The van der Waals surface area contributed by atoms with E-state index >= 15 is 0 Å². The number of nitrogens with one attached hydrogen (secondary N) is 2. The number of carbonyl (C=O) groups is 1. The molecule has 0 aliphatic carbocycles. The van der Waals surface area contributed by atoms with Crippen molar-refractivity contribution in [2.75, 3.05) is 32.1 Å². The van der Waals surface area contributed by atoms with Gasteiger partial charge >= 0.3 is 0 Å². The average Bonchev–Trinajstić information content (AvgIpc) is 2.81. The van der Waals surface area contributed by atoms with Gasteiger partial charge in [-0.05, 0) is 82.1 Å². The second-order valence-corrected chi connectivity index (χ2v) is 12.1. The highest BCUT2D eigenvalue weighted by Gasteiger charge is 2.34. The third-order valence-electron chi connectivity index (χ3n) is 5.88. The summed E-state index contributed by atoms with van der Waals surface area (Å²) in [6.07, 6.45) is 1.08. The Kier molecular flexibility index (Phi) is 8.02. The van der Waals surface area contributed by atoms with E-state index in [4.69, 9.17) is 4.74 Å². The van der Waals surface area contributed by atoms with Gasteiger partial charge in [0.25, 0.3) is 0 Å². The summed E-state index contributed by atoms with van der Waals surface area (Å²) >= 11 is 0. The van der Waals surface area contributed by atoms with E-state index in [2.05, 4.69) is 10.0 Å². The molecule has 1 saturated heterocycles. The molecule has 0 aromatic heterocycles. The molecular formula is C23H31N3O6S2. The summed E-state index contributed by atoms with van der Waals surface area (Å²) in [6.45, 7) is 6.28. The Morgan fingerprint density at radius 2 is 1.76 bits per heavy atom. The number of aryl methyl sites for hydroxylation is 2. The molecule has 0 radical (unpaired) electrons. The highest BCUT2D eigenvalue weighted by Crippen LogP contribution is 2.28. The van der Waals surface area contributed by atoms with E-state index in [-0.39, 0.29) is 22.2 Å². The molecular weight excluding hydrogens is 478 g/mol. The van der Waals surface area contributed by atoms with Crippen molar-refractivity contribution < 1.29 is 26.4 Å². The summed E-state index contributed by atoms with van der Waals surface area (Å²) in [6, 6.07) is 9.24. The second kappa shape index (κ2) is 10.4. The van der Waals surface area contributed by atoms with E-state index in [1.807, 2.05) is 6.92 Å². The van der Waals surface area contributed by atoms with Crippen LogP contribution in [-0.4, -0.2) is 53.8 Å². The highest BCUT2D eigenvalue weighted by molar-refractivity contribution is 7.89. The van der Waals surface area contributed by atoms with Crippen LogP contribution in [0.4, 0.5) is 5.69 Å². The van der Waals surface area contributed by atoms with Crippen LogP contribution in [0.2, 0.25) is 0 Å². The number of benzene rings is 2. The van der Waals surface area contributed by atoms with Crippen LogP contribution in [0.3, 0.4) is 0 Å². The number of rotatable bonds is 8. The SMILES string of the molecule is CCOc1ccc(S(=O)(=O)N2CCCC(C(=O)Nc3cc(S(=O)(=O)NC)ccc3C)C2)cc1C. The van der Waals surface area contributed by atoms with Gasteiger partial charge in [-0.3, -0.25) is 4.79 Å². The maximum absolute atomic E-state index is 13.3. The van der Waals surface area contributed by atoms with Crippen LogP contribution in [-0.2, 0) is 24.8 Å². The Morgan fingerprint density at radius 3 is 2.41 bits per heavy atom. The van der Waals surface area contributed by atoms with Gasteiger partial charge < -0.3 is 10.1 Å². The lowest BCUT2D eigenvalue weighted by molar-refractivity contribution is -0.120. The number of piperidine rings is 1. The van der Waals surface area contributed by atoms with Crippen LogP contribution in [0.5, 0.6) is 5.75 Å². The molecule has 1 atom stereocenters. The number of nitrogens with zero attached hydrogens (tertiary/aromatic N) is 1. The van der Waals surface area contributed by atoms with Gasteiger partial charge in [-0.2, -0.15) is 4.31 Å². The monoisotopic (exact) mass is 509 g/mol. The Hall–Kier alpha value is -2.47. The number of sulfonamides is 2. The molecule has 2 aromatic carbocycles. The van der Waals surface area contributed by atoms with Gasteiger partial charge in [-0.1, -0.05) is 6.07 Å². The van der Waals surface area contributed by atoms with Crippen molar-refractivity contribution in [1.82, 2.24) is 9.03 Å². The predicted octanol–water partition coefficient (Wildman–Crippen LogP) is 2.65. The van der Waals surface area contributed by atoms with Crippen LogP contribution >= 0.6 is 0 Å². The highest BCUT2D eigenvalue weighted by atomic mass is 32.2. The molecule has 0 saturated carbocycles. The average molecular weight is 510 g/mol. The van der Waals surface area contributed by atoms with Gasteiger partial charge in [0.2, 0.25) is 26.0 Å². The molecule has 1 aliphatic heterocycles. The fraction of sp³-hybridized carbons (Fsp3) is 0.435. The first kappa shape index (κ1) is 26.1. The Bertz CT molecular complexity index is 1280. The normalized spacial score (nSPS) is 17.4. The van der Waals surface area contributed by atoms with Crippen LogP contribution in [0.25, 0.3) is 0 Å². The Labute approximate surface area is 201 Å². The molecule has 11 heteroatoms. The molecule has 9 nitrogen and oxygen atoms in total. The van der Waals surface area contributed by atoms with Gasteiger partial charge in [-0.25, -0.2) is 21.6 Å². The zero-order valence-electron chi connectivity index (χ0n) is 19.8. The van der Waals surface area contributed by atoms with Gasteiger partial charge in [0.1, 0.15) is 5.75 Å². The summed E-state index contributed by atoms with van der Waals surface area (Å²) in [4.78, 5) is 13.2. The number of ether oxygens (including phenoxy) is 1. The molecule has 1 unspecified atom stereocenters. The van der Waals surface area contributed by atoms with Crippen molar-refractivity contribution in [2.24, 2.45) is 5.92 Å². The fourth-order valence-corrected chi connectivity index (χ4v) is 6.24. The molecule has 2 N–H and O–H groups in total. The molecule has 1 amide bonds. The summed E-state index contributed by atoms with van der Waals surface area (Å²) in [5.41, 5.74) is 1.80. The van der Waals surface area contributed by atoms with Crippen LogP contribution in [0.1, 0.15) is 30.9 Å². The first-order valence-electron chi connectivity index (χ1n) is 11.1. The van der Waals surface area contributed by atoms with E-state index in [1.54, 1.807) is 32.0 Å². The standard InChI is InChI=1S/C23H31N3O6S2/c1-5-32-22-11-10-20(13-17(22)3)34(30,31)26-12-6-7-18(15-26)23(27)25-21-14-19(9-8-16(21)2)33(28,29)24-4/h8-11,13-14,18,24H,5-7,12,15H2,1-4H3,(H,25,27). The quantitative estimate of drug-likeness (QED) is 0.564. The predicted molar refractivity (Wildman–Crippen MR) is 130 cm³/mol. The topological polar surface area (TPSA) is 122 Å². The van der Waals surface area contributed by atoms with Crippen molar-refractivity contribution in [3.63, 3.8) is 0 Å². The van der Waals surface area contributed by atoms with Crippen molar-refractivity contribution in [2.45, 2.75) is 43.4 Å². The number of anilines is 1. The maximum atomic E-state index is 13.3. The zero-order valence-corrected chi connectivity index (χ0v) is 21.4. The first-order valence-corrected chi connectivity index (χ1v) is 14.0. The molecule has 186 valence electrons. The van der Waals surface area contributed by atoms with Gasteiger partial charge in [0.05, 0.1) is 22.3 Å². The molecule has 0 spiro atoms. The second-order valence-electron chi connectivity index (χ2n) is 8.24. The van der Waals surface area contributed by atoms with Crippen molar-refractivity contribution in [3.8, 4) is 5.75 Å². The van der Waals surface area contributed by atoms with Gasteiger partial charge in [0, 0.05) is 18.8 Å². The van der Waals surface area contributed by atoms with E-state index in [1.165, 1.54) is 29.6 Å². The molecule has 1 fully saturated rings. The lowest BCUT2D eigenvalue weighted by Gasteiger charge is -2.31. The third-order valence-corrected chi connectivity index (χ3v) is 9.16. The number of carbonyl (C=O) groups excluding carboxylic acids is 1. The van der Waals surface area contributed by atoms with E-state index in [9.17, 15) is 21.6 Å². The summed E-state index contributed by atoms with van der Waals surface area (Å²) in [7, 11) is -6.13. The molecule has 0 bridgehead atoms. The lowest BCUT2D eigenvalue weighted by atomic mass is 9.98. The number of hydrogen-bond acceptors (Lipinski definition) is 6. The van der Waals surface area contributed by atoms with Crippen LogP contribution in [0.15, 0.2) is 46.2 Å². The smallest absolute Gasteiger partial charge is 0.243 e. The maximum Gasteiger partial charge on any atom is 0.243 e. The first-order chi connectivity index (χ1) is 16.0. The molecule has 34 heavy (non-hydrogen) atoms. The molecule has 2 aromatic rings. The van der Waals surface area contributed by atoms with Crippen LogP contribution < -0.4 is 14.8 Å².